The molecule has 74 valence electrons. The van der Waals surface area contributed by atoms with Gasteiger partial charge in [-0.2, -0.15) is 5.26 Å². The SMILES string of the molecule is CC1(C)N=CC(C(=O)OCCC#N)=N1. The summed E-state index contributed by atoms with van der Waals surface area (Å²) in [4.78, 5) is 19.3. The van der Waals surface area contributed by atoms with Crippen LogP contribution >= 0.6 is 0 Å². The lowest BCUT2D eigenvalue weighted by molar-refractivity contribution is -0.135. The average Bonchev–Trinajstić information content (AvgIpc) is 2.46. The van der Waals surface area contributed by atoms with E-state index in [9.17, 15) is 4.79 Å². The van der Waals surface area contributed by atoms with Crippen LogP contribution in [-0.2, 0) is 9.53 Å². The van der Waals surface area contributed by atoms with E-state index in [2.05, 4.69) is 9.98 Å². The third-order valence-corrected chi connectivity index (χ3v) is 1.55. The van der Waals surface area contributed by atoms with Crippen LogP contribution < -0.4 is 0 Å². The number of carbonyl (C=O) groups excluding carboxylic acids is 1. The van der Waals surface area contributed by atoms with Crippen LogP contribution in [0, 0.1) is 11.3 Å². The molecule has 0 saturated carbocycles. The zero-order chi connectivity index (χ0) is 10.6. The number of aliphatic imine (C=N–C) groups is 2. The van der Waals surface area contributed by atoms with Gasteiger partial charge in [0.2, 0.25) is 0 Å². The van der Waals surface area contributed by atoms with Crippen molar-refractivity contribution in [3.63, 3.8) is 0 Å². The van der Waals surface area contributed by atoms with E-state index in [4.69, 9.17) is 10.00 Å². The van der Waals surface area contributed by atoms with Crippen molar-refractivity contribution >= 4 is 17.9 Å². The van der Waals surface area contributed by atoms with E-state index in [1.807, 2.05) is 6.07 Å². The predicted octanol–water partition coefficient (Wildman–Crippen LogP) is 0.705. The van der Waals surface area contributed by atoms with Gasteiger partial charge in [0.1, 0.15) is 12.3 Å². The molecule has 0 atom stereocenters. The van der Waals surface area contributed by atoms with E-state index >= 15 is 0 Å². The third-order valence-electron chi connectivity index (χ3n) is 1.55. The number of carbonyl (C=O) groups is 1. The van der Waals surface area contributed by atoms with Crippen molar-refractivity contribution in [1.29, 1.82) is 5.26 Å². The van der Waals surface area contributed by atoms with Crippen molar-refractivity contribution < 1.29 is 9.53 Å². The molecule has 0 aromatic carbocycles. The van der Waals surface area contributed by atoms with Crippen LogP contribution in [0.25, 0.3) is 0 Å². The molecule has 0 fully saturated rings. The Balaban J connectivity index is 2.49. The zero-order valence-corrected chi connectivity index (χ0v) is 8.15. The lowest BCUT2D eigenvalue weighted by Gasteiger charge is -2.07. The van der Waals surface area contributed by atoms with Gasteiger partial charge in [-0.15, -0.1) is 0 Å². The molecule has 5 heteroatoms. The number of rotatable bonds is 3. The highest BCUT2D eigenvalue weighted by Gasteiger charge is 2.24. The van der Waals surface area contributed by atoms with E-state index in [1.165, 1.54) is 6.21 Å². The summed E-state index contributed by atoms with van der Waals surface area (Å²) in [6, 6.07) is 1.88. The van der Waals surface area contributed by atoms with Gasteiger partial charge in [0.05, 0.1) is 18.7 Å². The second-order valence-electron chi connectivity index (χ2n) is 3.29. The van der Waals surface area contributed by atoms with Crippen LogP contribution in [0.1, 0.15) is 20.3 Å². The fourth-order valence-corrected chi connectivity index (χ4v) is 0.933. The Hall–Kier alpha value is -1.70. The maximum atomic E-state index is 11.3. The van der Waals surface area contributed by atoms with Gasteiger partial charge in [0, 0.05) is 0 Å². The topological polar surface area (TPSA) is 74.8 Å². The standard InChI is InChI=1S/C9H11N3O2/c1-9(2)11-6-7(12-9)8(13)14-5-3-4-10/h6H,3,5H2,1-2H3. The van der Waals surface area contributed by atoms with Crippen LogP contribution in [0.3, 0.4) is 0 Å². The maximum Gasteiger partial charge on any atom is 0.358 e. The van der Waals surface area contributed by atoms with Crippen LogP contribution in [0.4, 0.5) is 0 Å². The van der Waals surface area contributed by atoms with Crippen LogP contribution in [-0.4, -0.2) is 30.2 Å². The molecule has 1 rings (SSSR count). The number of nitriles is 1. The summed E-state index contributed by atoms with van der Waals surface area (Å²) in [6.45, 7) is 3.68. The largest absolute Gasteiger partial charge is 0.460 e. The van der Waals surface area contributed by atoms with Gasteiger partial charge >= 0.3 is 5.97 Å². The number of hydrogen-bond donors (Lipinski definition) is 0. The fourth-order valence-electron chi connectivity index (χ4n) is 0.933. The summed E-state index contributed by atoms with van der Waals surface area (Å²) in [5.74, 6) is -0.519. The summed E-state index contributed by atoms with van der Waals surface area (Å²) < 4.78 is 4.78. The first-order valence-electron chi connectivity index (χ1n) is 4.24. The van der Waals surface area contributed by atoms with Crippen molar-refractivity contribution in [3.8, 4) is 6.07 Å². The van der Waals surface area contributed by atoms with E-state index in [-0.39, 0.29) is 18.7 Å². The average molecular weight is 193 g/mol. The molecule has 1 aliphatic heterocycles. The number of hydrogen-bond acceptors (Lipinski definition) is 5. The molecule has 1 heterocycles. The molecule has 0 spiro atoms. The molecule has 0 aromatic rings. The highest BCUT2D eigenvalue weighted by molar-refractivity contribution is 6.60. The zero-order valence-electron chi connectivity index (χ0n) is 8.15. The van der Waals surface area contributed by atoms with Gasteiger partial charge in [0.25, 0.3) is 0 Å². The Morgan fingerprint density at radius 1 is 1.71 bits per heavy atom. The molecular weight excluding hydrogens is 182 g/mol. The van der Waals surface area contributed by atoms with Crippen molar-refractivity contribution in [3.05, 3.63) is 0 Å². The van der Waals surface area contributed by atoms with Crippen LogP contribution in [0.15, 0.2) is 9.98 Å². The maximum absolute atomic E-state index is 11.3. The Bertz CT molecular complexity index is 336. The highest BCUT2D eigenvalue weighted by atomic mass is 16.5. The molecule has 0 saturated heterocycles. The molecule has 0 aliphatic carbocycles. The Labute approximate surface area is 82.1 Å². The Morgan fingerprint density at radius 2 is 2.43 bits per heavy atom. The van der Waals surface area contributed by atoms with Crippen molar-refractivity contribution in [2.75, 3.05) is 6.61 Å². The molecule has 0 amide bonds. The lowest BCUT2D eigenvalue weighted by atomic mass is 10.3. The van der Waals surface area contributed by atoms with Gasteiger partial charge in [-0.05, 0) is 13.8 Å². The van der Waals surface area contributed by atoms with Crippen molar-refractivity contribution in [1.82, 2.24) is 0 Å². The lowest BCUT2D eigenvalue weighted by Crippen LogP contribution is -2.19. The second-order valence-corrected chi connectivity index (χ2v) is 3.29. The van der Waals surface area contributed by atoms with E-state index in [1.54, 1.807) is 13.8 Å². The second kappa shape index (κ2) is 4.01. The molecular formula is C9H11N3O2. The predicted molar refractivity (Wildman–Crippen MR) is 51.2 cm³/mol. The Kier molecular flexibility index (Phi) is 2.97. The molecule has 0 unspecified atom stereocenters. The quantitative estimate of drug-likeness (QED) is 0.489. The summed E-state index contributed by atoms with van der Waals surface area (Å²) in [5, 5.41) is 8.23. The van der Waals surface area contributed by atoms with E-state index in [0.717, 1.165) is 0 Å². The van der Waals surface area contributed by atoms with Gasteiger partial charge in [-0.25, -0.2) is 9.79 Å². The smallest absolute Gasteiger partial charge is 0.358 e. The van der Waals surface area contributed by atoms with Gasteiger partial charge < -0.3 is 4.74 Å². The minimum Gasteiger partial charge on any atom is -0.460 e. The normalized spacial score (nSPS) is 17.4. The van der Waals surface area contributed by atoms with Crippen LogP contribution in [0.5, 0.6) is 0 Å². The van der Waals surface area contributed by atoms with E-state index in [0.29, 0.717) is 0 Å². The highest BCUT2D eigenvalue weighted by Crippen LogP contribution is 2.15. The number of nitrogens with zero attached hydrogens (tertiary/aromatic N) is 3. The van der Waals surface area contributed by atoms with Crippen LogP contribution in [0.2, 0.25) is 0 Å². The monoisotopic (exact) mass is 193 g/mol. The summed E-state index contributed by atoms with van der Waals surface area (Å²) in [7, 11) is 0. The number of ether oxygens (including phenoxy) is 1. The summed E-state index contributed by atoms with van der Waals surface area (Å²) in [5.41, 5.74) is -0.350. The Morgan fingerprint density at radius 3 is 2.93 bits per heavy atom. The van der Waals surface area contributed by atoms with Gasteiger partial charge in [-0.1, -0.05) is 0 Å². The molecule has 1 aliphatic rings. The molecule has 5 nitrogen and oxygen atoms in total. The van der Waals surface area contributed by atoms with Crippen molar-refractivity contribution in [2.45, 2.75) is 25.9 Å². The first kappa shape index (κ1) is 10.4. The minimum atomic E-state index is -0.566. The van der Waals surface area contributed by atoms with Gasteiger partial charge in [0.15, 0.2) is 5.71 Å². The first-order valence-corrected chi connectivity index (χ1v) is 4.24. The third kappa shape index (κ3) is 2.66. The molecule has 0 radical (unpaired) electrons. The first-order chi connectivity index (χ1) is 6.55. The van der Waals surface area contributed by atoms with Crippen molar-refractivity contribution in [2.24, 2.45) is 9.98 Å². The molecule has 0 N–H and O–H groups in total. The summed E-state index contributed by atoms with van der Waals surface area (Å²) in [6.07, 6.45) is 1.59. The number of esters is 1. The molecule has 0 aromatic heterocycles. The molecule has 0 bridgehead atoms. The minimum absolute atomic E-state index is 0.0998. The summed E-state index contributed by atoms with van der Waals surface area (Å²) >= 11 is 0. The molecule has 14 heavy (non-hydrogen) atoms. The van der Waals surface area contributed by atoms with E-state index < -0.39 is 11.6 Å². The fraction of sp³-hybridized carbons (Fsp3) is 0.556. The van der Waals surface area contributed by atoms with Gasteiger partial charge in [-0.3, -0.25) is 4.99 Å².